The normalized spacial score (nSPS) is 11.5. The number of halogens is 3. The van der Waals surface area contributed by atoms with E-state index in [2.05, 4.69) is 10.4 Å². The van der Waals surface area contributed by atoms with Crippen LogP contribution in [0.15, 0.2) is 59.4 Å². The number of hydrogen-bond acceptors (Lipinski definition) is 2. The topological polar surface area (TPSA) is 49.8 Å². The first-order chi connectivity index (χ1) is 12.4. The van der Waals surface area contributed by atoms with Gasteiger partial charge in [-0.1, -0.05) is 36.4 Å². The van der Waals surface area contributed by atoms with Crippen molar-refractivity contribution in [3.8, 4) is 5.69 Å². The first-order valence-electron chi connectivity index (χ1n) is 8.14. The lowest BCUT2D eigenvalue weighted by Gasteiger charge is -2.09. The highest BCUT2D eigenvalue weighted by atomic mass is 19.4. The van der Waals surface area contributed by atoms with Crippen molar-refractivity contribution in [2.45, 2.75) is 19.0 Å². The molecule has 0 unspecified atom stereocenters. The van der Waals surface area contributed by atoms with Crippen LogP contribution in [0.2, 0.25) is 0 Å². The van der Waals surface area contributed by atoms with Gasteiger partial charge in [0.15, 0.2) is 0 Å². The van der Waals surface area contributed by atoms with E-state index in [1.54, 1.807) is 37.4 Å². The highest BCUT2D eigenvalue weighted by molar-refractivity contribution is 5.50. The van der Waals surface area contributed by atoms with Gasteiger partial charge in [-0.3, -0.25) is 9.89 Å². The van der Waals surface area contributed by atoms with Crippen molar-refractivity contribution in [3.05, 3.63) is 81.8 Å². The summed E-state index contributed by atoms with van der Waals surface area (Å²) in [6.45, 7) is 0. The number of anilines is 1. The van der Waals surface area contributed by atoms with Crippen molar-refractivity contribution in [2.75, 3.05) is 12.4 Å². The third kappa shape index (κ3) is 3.51. The summed E-state index contributed by atoms with van der Waals surface area (Å²) in [5.74, 6) is 0. The second-order valence-corrected chi connectivity index (χ2v) is 5.85. The van der Waals surface area contributed by atoms with E-state index in [1.165, 1.54) is 0 Å². The zero-order chi connectivity index (χ0) is 18.7. The molecular formula is C19H18F3N3O. The lowest BCUT2D eigenvalue weighted by atomic mass is 10.0. The predicted octanol–water partition coefficient (Wildman–Crippen LogP) is 4.01. The Morgan fingerprint density at radius 3 is 2.31 bits per heavy atom. The van der Waals surface area contributed by atoms with E-state index in [0.29, 0.717) is 12.1 Å². The lowest BCUT2D eigenvalue weighted by molar-refractivity contribution is -0.142. The Kier molecular flexibility index (Phi) is 4.88. The molecule has 0 aliphatic rings. The van der Waals surface area contributed by atoms with Gasteiger partial charge in [-0.05, 0) is 36.6 Å². The van der Waals surface area contributed by atoms with Gasteiger partial charge in [-0.15, -0.1) is 0 Å². The molecule has 3 rings (SSSR count). The van der Waals surface area contributed by atoms with Gasteiger partial charge in [0.25, 0.3) is 5.56 Å². The summed E-state index contributed by atoms with van der Waals surface area (Å²) >= 11 is 0. The van der Waals surface area contributed by atoms with Crippen LogP contribution in [0.1, 0.15) is 16.8 Å². The molecule has 26 heavy (non-hydrogen) atoms. The highest BCUT2D eigenvalue weighted by Gasteiger charge is 2.37. The molecule has 0 aliphatic carbocycles. The Hall–Kier alpha value is -2.96. The Labute approximate surface area is 148 Å². The number of para-hydroxylation sites is 2. The fourth-order valence-electron chi connectivity index (χ4n) is 2.94. The smallest absolute Gasteiger partial charge is 0.388 e. The molecule has 2 N–H and O–H groups in total. The van der Waals surface area contributed by atoms with Gasteiger partial charge < -0.3 is 5.32 Å². The monoisotopic (exact) mass is 361 g/mol. The van der Waals surface area contributed by atoms with E-state index < -0.39 is 17.4 Å². The molecule has 0 atom stereocenters. The highest BCUT2D eigenvalue weighted by Crippen LogP contribution is 2.30. The van der Waals surface area contributed by atoms with Gasteiger partial charge in [-0.2, -0.15) is 13.2 Å². The van der Waals surface area contributed by atoms with Crippen LogP contribution in [-0.2, 0) is 19.0 Å². The van der Waals surface area contributed by atoms with Crippen molar-refractivity contribution in [1.82, 2.24) is 9.78 Å². The summed E-state index contributed by atoms with van der Waals surface area (Å²) < 4.78 is 41.2. The molecule has 0 radical (unpaired) electrons. The van der Waals surface area contributed by atoms with Crippen LogP contribution < -0.4 is 10.9 Å². The summed E-state index contributed by atoms with van der Waals surface area (Å²) in [5, 5.41) is 5.24. The van der Waals surface area contributed by atoms with E-state index in [-0.39, 0.29) is 12.0 Å². The van der Waals surface area contributed by atoms with E-state index in [4.69, 9.17) is 0 Å². The largest absolute Gasteiger partial charge is 0.433 e. The number of nitrogens with one attached hydrogen (secondary N) is 2. The molecule has 0 saturated heterocycles. The summed E-state index contributed by atoms with van der Waals surface area (Å²) in [5.41, 5.74) is 0.130. The maximum absolute atomic E-state index is 13.4. The van der Waals surface area contributed by atoms with Crippen molar-refractivity contribution in [1.29, 1.82) is 0 Å². The SMILES string of the molecule is CNc1ccccc1CCc1c(C(F)(F)F)[nH]n(-c2ccccc2)c1=O. The van der Waals surface area contributed by atoms with Gasteiger partial charge >= 0.3 is 6.18 Å². The van der Waals surface area contributed by atoms with Crippen LogP contribution in [0, 0.1) is 0 Å². The standard InChI is InChI=1S/C19H18F3N3O/c1-23-16-10-6-5-7-13(16)11-12-15-17(19(20,21)22)24-25(18(15)26)14-8-3-2-4-9-14/h2-10,23-24H,11-12H2,1H3. The summed E-state index contributed by atoms with van der Waals surface area (Å²) in [4.78, 5) is 12.6. The molecule has 0 spiro atoms. The van der Waals surface area contributed by atoms with Gasteiger partial charge in [0.1, 0.15) is 5.69 Å². The summed E-state index contributed by atoms with van der Waals surface area (Å²) in [6.07, 6.45) is -4.32. The first-order valence-corrected chi connectivity index (χ1v) is 8.14. The van der Waals surface area contributed by atoms with Crippen LogP contribution >= 0.6 is 0 Å². The van der Waals surface area contributed by atoms with E-state index >= 15 is 0 Å². The zero-order valence-electron chi connectivity index (χ0n) is 14.1. The summed E-state index contributed by atoms with van der Waals surface area (Å²) in [6, 6.07) is 15.6. The number of aromatic amines is 1. The summed E-state index contributed by atoms with van der Waals surface area (Å²) in [7, 11) is 1.75. The van der Waals surface area contributed by atoms with E-state index in [0.717, 1.165) is 15.9 Å². The van der Waals surface area contributed by atoms with Gasteiger partial charge in [0, 0.05) is 18.3 Å². The molecule has 1 heterocycles. The van der Waals surface area contributed by atoms with Crippen molar-refractivity contribution < 1.29 is 13.2 Å². The molecule has 7 heteroatoms. The number of H-pyrrole nitrogens is 1. The minimum absolute atomic E-state index is 0.0112. The third-order valence-corrected chi connectivity index (χ3v) is 4.22. The minimum Gasteiger partial charge on any atom is -0.388 e. The van der Waals surface area contributed by atoms with Crippen LogP contribution in [0.4, 0.5) is 18.9 Å². The van der Waals surface area contributed by atoms with Gasteiger partial charge in [0.05, 0.1) is 5.69 Å². The first kappa shape index (κ1) is 17.8. The second kappa shape index (κ2) is 7.11. The molecule has 0 aliphatic heterocycles. The maximum Gasteiger partial charge on any atom is 0.433 e. The average Bonchev–Trinajstić information content (AvgIpc) is 2.97. The average molecular weight is 361 g/mol. The number of nitrogens with zero attached hydrogens (tertiary/aromatic N) is 1. The molecule has 0 saturated carbocycles. The Balaban J connectivity index is 2.00. The quantitative estimate of drug-likeness (QED) is 0.721. The molecule has 4 nitrogen and oxygen atoms in total. The van der Waals surface area contributed by atoms with E-state index in [9.17, 15) is 18.0 Å². The molecule has 0 fully saturated rings. The maximum atomic E-state index is 13.4. The van der Waals surface area contributed by atoms with E-state index in [1.807, 2.05) is 24.3 Å². The Bertz CT molecular complexity index is 943. The van der Waals surface area contributed by atoms with Crippen LogP contribution in [-0.4, -0.2) is 16.8 Å². The van der Waals surface area contributed by atoms with Crippen molar-refractivity contribution in [3.63, 3.8) is 0 Å². The van der Waals surface area contributed by atoms with Crippen molar-refractivity contribution >= 4 is 5.69 Å². The van der Waals surface area contributed by atoms with Gasteiger partial charge in [-0.25, -0.2) is 4.68 Å². The Morgan fingerprint density at radius 2 is 1.65 bits per heavy atom. The fraction of sp³-hybridized carbons (Fsp3) is 0.211. The van der Waals surface area contributed by atoms with Crippen LogP contribution in [0.5, 0.6) is 0 Å². The second-order valence-electron chi connectivity index (χ2n) is 5.85. The molecule has 0 bridgehead atoms. The fourth-order valence-corrected chi connectivity index (χ4v) is 2.94. The number of rotatable bonds is 5. The van der Waals surface area contributed by atoms with Gasteiger partial charge in [0.2, 0.25) is 0 Å². The van der Waals surface area contributed by atoms with Crippen LogP contribution in [0.25, 0.3) is 5.69 Å². The Morgan fingerprint density at radius 1 is 1.00 bits per heavy atom. The number of aromatic nitrogens is 2. The molecule has 3 aromatic rings. The predicted molar refractivity (Wildman–Crippen MR) is 94.8 cm³/mol. The lowest BCUT2D eigenvalue weighted by Crippen LogP contribution is -2.18. The third-order valence-electron chi connectivity index (χ3n) is 4.22. The van der Waals surface area contributed by atoms with Crippen LogP contribution in [0.3, 0.4) is 0 Å². The molecule has 2 aromatic carbocycles. The molecular weight excluding hydrogens is 343 g/mol. The molecule has 0 amide bonds. The number of alkyl halides is 3. The number of aryl methyl sites for hydroxylation is 1. The zero-order valence-corrected chi connectivity index (χ0v) is 14.1. The molecule has 1 aromatic heterocycles. The number of benzene rings is 2. The van der Waals surface area contributed by atoms with Crippen molar-refractivity contribution in [2.24, 2.45) is 0 Å². The minimum atomic E-state index is -4.63. The molecule has 136 valence electrons. The number of hydrogen-bond donors (Lipinski definition) is 2.